The molecule has 0 amide bonds. The predicted molar refractivity (Wildman–Crippen MR) is 81.5 cm³/mol. The van der Waals surface area contributed by atoms with E-state index in [0.29, 0.717) is 19.3 Å². The second-order valence-electron chi connectivity index (χ2n) is 6.17. The summed E-state index contributed by atoms with van der Waals surface area (Å²) in [6, 6.07) is 0. The Kier molecular flexibility index (Phi) is 9.85. The summed E-state index contributed by atoms with van der Waals surface area (Å²) in [7, 11) is 0. The number of rotatable bonds is 10. The SMILES string of the molecule is CC(=O)COC(=O)CCCCCC(=O)OCC(=O)OC(C)(C)C. The van der Waals surface area contributed by atoms with Crippen LogP contribution in [0.15, 0.2) is 0 Å². The molecule has 0 saturated heterocycles. The number of hydrogen-bond donors (Lipinski definition) is 0. The number of unbranched alkanes of at least 4 members (excludes halogenated alkanes) is 2. The Morgan fingerprint density at radius 2 is 1.22 bits per heavy atom. The second kappa shape index (κ2) is 10.7. The zero-order valence-electron chi connectivity index (χ0n) is 14.3. The molecule has 0 radical (unpaired) electrons. The molecule has 0 unspecified atom stereocenters. The van der Waals surface area contributed by atoms with Crippen LogP contribution in [-0.4, -0.2) is 42.5 Å². The Morgan fingerprint density at radius 1 is 0.739 bits per heavy atom. The van der Waals surface area contributed by atoms with Gasteiger partial charge in [-0.2, -0.15) is 0 Å². The van der Waals surface area contributed by atoms with Gasteiger partial charge >= 0.3 is 17.9 Å². The van der Waals surface area contributed by atoms with Gasteiger partial charge < -0.3 is 14.2 Å². The molecular formula is C16H26O7. The minimum atomic E-state index is -0.611. The van der Waals surface area contributed by atoms with Crippen LogP contribution >= 0.6 is 0 Å². The lowest BCUT2D eigenvalue weighted by Gasteiger charge is -2.19. The third-order valence-corrected chi connectivity index (χ3v) is 2.47. The molecule has 0 aromatic heterocycles. The van der Waals surface area contributed by atoms with E-state index >= 15 is 0 Å². The predicted octanol–water partition coefficient (Wildman–Crippen LogP) is 1.95. The Bertz CT molecular complexity index is 421. The third kappa shape index (κ3) is 14.8. The van der Waals surface area contributed by atoms with E-state index in [0.717, 1.165) is 0 Å². The number of Topliss-reactive ketones (excluding diaryl/α,β-unsaturated/α-hetero) is 1. The zero-order chi connectivity index (χ0) is 17.9. The molecule has 0 N–H and O–H groups in total. The molecule has 0 fully saturated rings. The van der Waals surface area contributed by atoms with Gasteiger partial charge in [0.25, 0.3) is 0 Å². The summed E-state index contributed by atoms with van der Waals surface area (Å²) in [5.41, 5.74) is -0.611. The topological polar surface area (TPSA) is 96.0 Å². The van der Waals surface area contributed by atoms with Crippen LogP contribution in [-0.2, 0) is 33.4 Å². The highest BCUT2D eigenvalue weighted by molar-refractivity contribution is 5.80. The molecule has 0 aromatic carbocycles. The van der Waals surface area contributed by atoms with E-state index in [2.05, 4.69) is 0 Å². The molecular weight excluding hydrogens is 304 g/mol. The maximum absolute atomic E-state index is 11.4. The number of ketones is 1. The van der Waals surface area contributed by atoms with Crippen LogP contribution in [0.2, 0.25) is 0 Å². The van der Waals surface area contributed by atoms with Gasteiger partial charge in [-0.15, -0.1) is 0 Å². The largest absolute Gasteiger partial charge is 0.458 e. The van der Waals surface area contributed by atoms with Crippen molar-refractivity contribution in [2.45, 2.75) is 65.4 Å². The van der Waals surface area contributed by atoms with Crippen molar-refractivity contribution in [3.8, 4) is 0 Å². The molecule has 0 aliphatic rings. The number of esters is 3. The Morgan fingerprint density at radius 3 is 1.65 bits per heavy atom. The number of carbonyl (C=O) groups excluding carboxylic acids is 4. The Labute approximate surface area is 136 Å². The van der Waals surface area contributed by atoms with Crippen LogP contribution in [0.3, 0.4) is 0 Å². The second-order valence-corrected chi connectivity index (χ2v) is 6.17. The van der Waals surface area contributed by atoms with Crippen molar-refractivity contribution in [1.29, 1.82) is 0 Å². The minimum absolute atomic E-state index is 0.172. The van der Waals surface area contributed by atoms with Crippen molar-refractivity contribution in [2.75, 3.05) is 13.2 Å². The van der Waals surface area contributed by atoms with Crippen molar-refractivity contribution in [3.05, 3.63) is 0 Å². The molecule has 0 aliphatic carbocycles. The molecule has 0 saturated carbocycles. The van der Waals surface area contributed by atoms with Crippen molar-refractivity contribution in [2.24, 2.45) is 0 Å². The molecule has 0 atom stereocenters. The smallest absolute Gasteiger partial charge is 0.344 e. The average Bonchev–Trinajstić information content (AvgIpc) is 2.40. The van der Waals surface area contributed by atoms with Gasteiger partial charge in [0.15, 0.2) is 12.4 Å². The maximum Gasteiger partial charge on any atom is 0.344 e. The van der Waals surface area contributed by atoms with Crippen LogP contribution in [0.5, 0.6) is 0 Å². The van der Waals surface area contributed by atoms with Crippen molar-refractivity contribution in [1.82, 2.24) is 0 Å². The lowest BCUT2D eigenvalue weighted by atomic mass is 10.1. The first-order valence-corrected chi connectivity index (χ1v) is 7.62. The molecule has 23 heavy (non-hydrogen) atoms. The monoisotopic (exact) mass is 330 g/mol. The van der Waals surface area contributed by atoms with E-state index in [9.17, 15) is 19.2 Å². The molecule has 0 bridgehead atoms. The standard InChI is InChI=1S/C16H26O7/c1-12(17)10-21-13(18)8-6-5-7-9-14(19)22-11-15(20)23-16(2,3)4/h5-11H2,1-4H3. The maximum atomic E-state index is 11.4. The highest BCUT2D eigenvalue weighted by atomic mass is 16.6. The summed E-state index contributed by atoms with van der Waals surface area (Å²) in [6.07, 6.45) is 2.14. The van der Waals surface area contributed by atoms with Gasteiger partial charge in [-0.3, -0.25) is 14.4 Å². The minimum Gasteiger partial charge on any atom is -0.458 e. The molecule has 0 heterocycles. The van der Waals surface area contributed by atoms with Crippen molar-refractivity contribution < 1.29 is 33.4 Å². The van der Waals surface area contributed by atoms with E-state index in [-0.39, 0.29) is 25.2 Å². The lowest BCUT2D eigenvalue weighted by molar-refractivity contribution is -0.166. The average molecular weight is 330 g/mol. The molecule has 0 spiro atoms. The number of hydrogen-bond acceptors (Lipinski definition) is 7. The summed E-state index contributed by atoms with van der Waals surface area (Å²) >= 11 is 0. The Hall–Kier alpha value is -1.92. The fraction of sp³-hybridized carbons (Fsp3) is 0.750. The fourth-order valence-electron chi connectivity index (χ4n) is 1.55. The first-order valence-electron chi connectivity index (χ1n) is 7.62. The van der Waals surface area contributed by atoms with E-state index in [1.54, 1.807) is 20.8 Å². The zero-order valence-corrected chi connectivity index (χ0v) is 14.3. The summed E-state index contributed by atoms with van der Waals surface area (Å²) < 4.78 is 14.5. The molecule has 0 aromatic rings. The van der Waals surface area contributed by atoms with Gasteiger partial charge in [0.2, 0.25) is 0 Å². The van der Waals surface area contributed by atoms with Crippen LogP contribution in [0.25, 0.3) is 0 Å². The van der Waals surface area contributed by atoms with Crippen LogP contribution < -0.4 is 0 Å². The Balaban J connectivity index is 3.62. The van der Waals surface area contributed by atoms with E-state index in [1.165, 1.54) is 6.92 Å². The molecule has 0 rings (SSSR count). The summed E-state index contributed by atoms with van der Waals surface area (Å²) in [6.45, 7) is 5.94. The highest BCUT2D eigenvalue weighted by Gasteiger charge is 2.17. The normalized spacial score (nSPS) is 10.8. The van der Waals surface area contributed by atoms with E-state index in [4.69, 9.17) is 14.2 Å². The van der Waals surface area contributed by atoms with Crippen molar-refractivity contribution in [3.63, 3.8) is 0 Å². The van der Waals surface area contributed by atoms with Crippen LogP contribution in [0.1, 0.15) is 59.8 Å². The molecule has 0 aliphatic heterocycles. The lowest BCUT2D eigenvalue weighted by Crippen LogP contribution is -2.27. The van der Waals surface area contributed by atoms with Crippen molar-refractivity contribution >= 4 is 23.7 Å². The van der Waals surface area contributed by atoms with Crippen LogP contribution in [0, 0.1) is 0 Å². The van der Waals surface area contributed by atoms with Gasteiger partial charge in [0, 0.05) is 12.8 Å². The van der Waals surface area contributed by atoms with Crippen LogP contribution in [0.4, 0.5) is 0 Å². The molecule has 7 nitrogen and oxygen atoms in total. The quantitative estimate of drug-likeness (QED) is 0.343. The summed E-state index contributed by atoms with van der Waals surface area (Å²) in [4.78, 5) is 44.6. The third-order valence-electron chi connectivity index (χ3n) is 2.47. The summed E-state index contributed by atoms with van der Waals surface area (Å²) in [5.74, 6) is -1.69. The van der Waals surface area contributed by atoms with Gasteiger partial charge in [-0.05, 0) is 40.5 Å². The van der Waals surface area contributed by atoms with Gasteiger partial charge in [0.1, 0.15) is 12.2 Å². The number of ether oxygens (including phenoxy) is 3. The first-order chi connectivity index (χ1) is 10.6. The number of carbonyl (C=O) groups is 4. The fourth-order valence-corrected chi connectivity index (χ4v) is 1.55. The van der Waals surface area contributed by atoms with Gasteiger partial charge in [-0.1, -0.05) is 6.42 Å². The summed E-state index contributed by atoms with van der Waals surface area (Å²) in [5, 5.41) is 0. The van der Waals surface area contributed by atoms with E-state index in [1.807, 2.05) is 0 Å². The van der Waals surface area contributed by atoms with Gasteiger partial charge in [0.05, 0.1) is 0 Å². The van der Waals surface area contributed by atoms with E-state index < -0.39 is 30.1 Å². The highest BCUT2D eigenvalue weighted by Crippen LogP contribution is 2.08. The van der Waals surface area contributed by atoms with Gasteiger partial charge in [-0.25, -0.2) is 4.79 Å². The molecule has 7 heteroatoms. The molecule has 132 valence electrons. The first kappa shape index (κ1) is 21.1.